The third-order valence-electron chi connectivity index (χ3n) is 4.27. The average molecular weight is 463 g/mol. The number of rotatable bonds is 5. The van der Waals surface area contributed by atoms with Crippen LogP contribution in [0.1, 0.15) is 16.7 Å². The van der Waals surface area contributed by atoms with Crippen LogP contribution in [0.25, 0.3) is 0 Å². The predicted molar refractivity (Wildman–Crippen MR) is 110 cm³/mol. The van der Waals surface area contributed by atoms with Crippen LogP contribution in [-0.2, 0) is 19.3 Å². The number of halogens is 4. The molecule has 0 aliphatic heterocycles. The maximum absolute atomic E-state index is 12.9. The average Bonchev–Trinajstić information content (AvgIpc) is 2.70. The number of nitrogens with one attached hydrogen (secondary N) is 1. The smallest absolute Gasteiger partial charge is 0.316 e. The van der Waals surface area contributed by atoms with Gasteiger partial charge in [0.1, 0.15) is 0 Å². The number of benzene rings is 3. The summed E-state index contributed by atoms with van der Waals surface area (Å²) in [7, 11) is 0. The van der Waals surface area contributed by atoms with Crippen LogP contribution >= 0.6 is 15.9 Å². The second kappa shape index (κ2) is 9.13. The third-order valence-corrected chi connectivity index (χ3v) is 4.97. The van der Waals surface area contributed by atoms with Gasteiger partial charge in [-0.3, -0.25) is 0 Å². The predicted octanol–water partition coefficient (Wildman–Crippen LogP) is 6.70. The van der Waals surface area contributed by atoms with Crippen LogP contribution in [-0.4, -0.2) is 10.9 Å². The van der Waals surface area contributed by atoms with Gasteiger partial charge in [-0.15, -0.1) is 0 Å². The van der Waals surface area contributed by atoms with E-state index < -0.39 is 11.7 Å². The van der Waals surface area contributed by atoms with E-state index in [1.807, 2.05) is 42.5 Å². The van der Waals surface area contributed by atoms with Gasteiger partial charge >= 0.3 is 12.2 Å². The lowest BCUT2D eigenvalue weighted by molar-refractivity contribution is -0.137. The third kappa shape index (κ3) is 5.84. The van der Waals surface area contributed by atoms with Gasteiger partial charge in [-0.05, 0) is 51.3 Å². The van der Waals surface area contributed by atoms with Crippen molar-refractivity contribution < 1.29 is 18.0 Å². The van der Waals surface area contributed by atoms with Gasteiger partial charge in [0.15, 0.2) is 0 Å². The van der Waals surface area contributed by atoms with Crippen molar-refractivity contribution in [3.8, 4) is 0 Å². The lowest BCUT2D eigenvalue weighted by Gasteiger charge is -2.24. The molecular weight excluding hydrogens is 445 g/mol. The van der Waals surface area contributed by atoms with Crippen LogP contribution in [0, 0.1) is 0 Å². The topological polar surface area (TPSA) is 32.3 Å². The molecular formula is C22H18BrF3N2O. The number of alkyl halides is 3. The number of anilines is 1. The number of carbonyl (C=O) groups is 1. The van der Waals surface area contributed by atoms with Crippen molar-refractivity contribution in [1.29, 1.82) is 0 Å². The molecule has 0 aliphatic rings. The standard InChI is InChI=1S/C22H18BrF3N2O/c23-19-8-4-5-9-20(19)27-21(29)28(14-16-6-2-1-3-7-16)15-17-10-12-18(13-11-17)22(24,25)26/h1-13H,14-15H2,(H,27,29). The number of hydrogen-bond acceptors (Lipinski definition) is 1. The molecule has 1 N–H and O–H groups in total. The number of carbonyl (C=O) groups excluding carboxylic acids is 1. The minimum atomic E-state index is -4.39. The minimum Gasteiger partial charge on any atom is -0.316 e. The molecule has 3 aromatic carbocycles. The van der Waals surface area contributed by atoms with E-state index in [1.54, 1.807) is 17.0 Å². The van der Waals surface area contributed by atoms with E-state index in [4.69, 9.17) is 0 Å². The van der Waals surface area contributed by atoms with Crippen molar-refractivity contribution in [2.75, 3.05) is 5.32 Å². The van der Waals surface area contributed by atoms with Gasteiger partial charge in [-0.25, -0.2) is 4.79 Å². The molecule has 0 aromatic heterocycles. The van der Waals surface area contributed by atoms with Crippen LogP contribution in [0.2, 0.25) is 0 Å². The Hall–Kier alpha value is -2.80. The summed E-state index contributed by atoms with van der Waals surface area (Å²) in [6, 6.07) is 21.1. The number of urea groups is 1. The Bertz CT molecular complexity index is 960. The number of amides is 2. The lowest BCUT2D eigenvalue weighted by Crippen LogP contribution is -2.34. The van der Waals surface area contributed by atoms with Gasteiger partial charge in [-0.1, -0.05) is 54.6 Å². The van der Waals surface area contributed by atoms with Crippen molar-refractivity contribution in [1.82, 2.24) is 4.90 Å². The van der Waals surface area contributed by atoms with Crippen molar-refractivity contribution in [3.05, 3.63) is 100 Å². The quantitative estimate of drug-likeness (QED) is 0.449. The highest BCUT2D eigenvalue weighted by Gasteiger charge is 2.30. The van der Waals surface area contributed by atoms with Crippen molar-refractivity contribution in [2.45, 2.75) is 19.3 Å². The zero-order valence-corrected chi connectivity index (χ0v) is 16.9. The Morgan fingerprint density at radius 2 is 1.38 bits per heavy atom. The molecule has 29 heavy (non-hydrogen) atoms. The molecule has 0 saturated carbocycles. The van der Waals surface area contributed by atoms with E-state index in [1.165, 1.54) is 12.1 Å². The molecule has 0 heterocycles. The summed E-state index contributed by atoms with van der Waals surface area (Å²) >= 11 is 3.39. The Morgan fingerprint density at radius 3 is 1.97 bits per heavy atom. The summed E-state index contributed by atoms with van der Waals surface area (Å²) in [5, 5.41) is 2.85. The van der Waals surface area contributed by atoms with Gasteiger partial charge < -0.3 is 10.2 Å². The molecule has 150 valence electrons. The Morgan fingerprint density at radius 1 is 0.828 bits per heavy atom. The molecule has 0 spiro atoms. The highest BCUT2D eigenvalue weighted by atomic mass is 79.9. The van der Waals surface area contributed by atoms with Gasteiger partial charge in [0.05, 0.1) is 11.3 Å². The lowest BCUT2D eigenvalue weighted by atomic mass is 10.1. The van der Waals surface area contributed by atoms with Crippen LogP contribution in [0.5, 0.6) is 0 Å². The normalized spacial score (nSPS) is 11.2. The van der Waals surface area contributed by atoms with Crippen molar-refractivity contribution >= 4 is 27.6 Å². The maximum atomic E-state index is 12.9. The highest BCUT2D eigenvalue weighted by molar-refractivity contribution is 9.10. The molecule has 0 radical (unpaired) electrons. The second-order valence-corrected chi connectivity index (χ2v) is 7.30. The van der Waals surface area contributed by atoms with E-state index in [9.17, 15) is 18.0 Å². The minimum absolute atomic E-state index is 0.170. The molecule has 0 bridgehead atoms. The number of hydrogen-bond donors (Lipinski definition) is 1. The monoisotopic (exact) mass is 462 g/mol. The molecule has 3 aromatic rings. The van der Waals surface area contributed by atoms with Crippen LogP contribution in [0.3, 0.4) is 0 Å². The molecule has 0 unspecified atom stereocenters. The molecule has 3 nitrogen and oxygen atoms in total. The first-order chi connectivity index (χ1) is 13.8. The van der Waals surface area contributed by atoms with Gasteiger partial charge in [0, 0.05) is 17.6 Å². The zero-order chi connectivity index (χ0) is 20.9. The SMILES string of the molecule is O=C(Nc1ccccc1Br)N(Cc1ccccc1)Cc1ccc(C(F)(F)F)cc1. The van der Waals surface area contributed by atoms with E-state index >= 15 is 0 Å². The van der Waals surface area contributed by atoms with Crippen molar-refractivity contribution in [2.24, 2.45) is 0 Å². The number of para-hydroxylation sites is 1. The summed E-state index contributed by atoms with van der Waals surface area (Å²) in [5.41, 5.74) is 1.43. The first-order valence-electron chi connectivity index (χ1n) is 8.83. The molecule has 3 rings (SSSR count). The van der Waals surface area contributed by atoms with E-state index in [0.717, 1.165) is 22.2 Å². The largest absolute Gasteiger partial charge is 0.416 e. The van der Waals surface area contributed by atoms with Crippen molar-refractivity contribution in [3.63, 3.8) is 0 Å². The van der Waals surface area contributed by atoms with E-state index in [-0.39, 0.29) is 12.6 Å². The maximum Gasteiger partial charge on any atom is 0.416 e. The molecule has 0 aliphatic carbocycles. The van der Waals surface area contributed by atoms with E-state index in [2.05, 4.69) is 21.2 Å². The van der Waals surface area contributed by atoms with Gasteiger partial charge in [0.2, 0.25) is 0 Å². The van der Waals surface area contributed by atoms with Crippen LogP contribution < -0.4 is 5.32 Å². The van der Waals surface area contributed by atoms with E-state index in [0.29, 0.717) is 17.8 Å². The molecule has 2 amide bonds. The van der Waals surface area contributed by atoms with Gasteiger partial charge in [-0.2, -0.15) is 13.2 Å². The fourth-order valence-electron chi connectivity index (χ4n) is 2.78. The fourth-order valence-corrected chi connectivity index (χ4v) is 3.16. The first-order valence-corrected chi connectivity index (χ1v) is 9.63. The summed E-state index contributed by atoms with van der Waals surface area (Å²) in [5.74, 6) is 0. The molecule has 7 heteroatoms. The molecule has 0 fully saturated rings. The molecule has 0 saturated heterocycles. The summed E-state index contributed by atoms with van der Waals surface area (Å²) in [4.78, 5) is 14.5. The Balaban J connectivity index is 1.81. The Kier molecular flexibility index (Phi) is 6.59. The summed E-state index contributed by atoms with van der Waals surface area (Å²) in [6.45, 7) is 0.488. The molecule has 0 atom stereocenters. The van der Waals surface area contributed by atoms with Crippen LogP contribution in [0.4, 0.5) is 23.7 Å². The first kappa shape index (κ1) is 20.9. The Labute approximate surface area is 175 Å². The number of nitrogens with zero attached hydrogens (tertiary/aromatic N) is 1. The second-order valence-electron chi connectivity index (χ2n) is 6.45. The van der Waals surface area contributed by atoms with Gasteiger partial charge in [0.25, 0.3) is 0 Å². The summed E-state index contributed by atoms with van der Waals surface area (Å²) in [6.07, 6.45) is -4.39. The zero-order valence-electron chi connectivity index (χ0n) is 15.3. The van der Waals surface area contributed by atoms with Crippen LogP contribution in [0.15, 0.2) is 83.3 Å². The summed E-state index contributed by atoms with van der Waals surface area (Å²) < 4.78 is 39.1. The highest BCUT2D eigenvalue weighted by Crippen LogP contribution is 2.29. The fraction of sp³-hybridized carbons (Fsp3) is 0.136.